The van der Waals surface area contributed by atoms with Crippen molar-refractivity contribution in [2.45, 2.75) is 20.3 Å². The van der Waals surface area contributed by atoms with Gasteiger partial charge in [-0.2, -0.15) is 4.68 Å². The number of rotatable bonds is 3. The van der Waals surface area contributed by atoms with Crippen molar-refractivity contribution in [3.63, 3.8) is 0 Å². The average molecular weight is 458 g/mol. The maximum atomic E-state index is 12.2. The SMILES string of the molecule is CC(C)CC(=O)Oc1cccoo[nH]nccccccc2nc3ccccc3cc2ccc1. The Morgan fingerprint density at radius 1 is 0.882 bits per heavy atom. The molecular formula is C27H27N3O4. The number of ether oxygens (including phenoxy) is 1. The Bertz CT molecular complexity index is 1330. The normalized spacial score (nSPS) is 9.97. The van der Waals surface area contributed by atoms with E-state index in [0.29, 0.717) is 12.2 Å². The molecule has 0 bridgehead atoms. The molecule has 1 aromatic carbocycles. The number of nitrogens with zero attached hydrogens (tertiary/aromatic N) is 2. The number of hydrogen-bond donors (Lipinski definition) is 1. The van der Waals surface area contributed by atoms with Gasteiger partial charge in [-0.05, 0) is 48.4 Å². The summed E-state index contributed by atoms with van der Waals surface area (Å²) in [5.41, 5.74) is 1.72. The second-order valence-electron chi connectivity index (χ2n) is 7.64. The Hall–Kier alpha value is -4.39. The lowest BCUT2D eigenvalue weighted by Gasteiger charge is -2.04. The molecule has 0 fully saturated rings. The number of carbonyl (C=O) groups excluding carboxylic acids is 1. The number of pyridine rings is 1. The molecule has 2 heterocycles. The van der Waals surface area contributed by atoms with E-state index < -0.39 is 0 Å². The van der Waals surface area contributed by atoms with Crippen LogP contribution >= 0.6 is 0 Å². The van der Waals surface area contributed by atoms with E-state index >= 15 is 0 Å². The molecule has 174 valence electrons. The summed E-state index contributed by atoms with van der Waals surface area (Å²) in [6.45, 7) is 3.92. The van der Waals surface area contributed by atoms with Gasteiger partial charge in [-0.3, -0.25) is 9.37 Å². The van der Waals surface area contributed by atoms with Crippen LogP contribution < -0.4 is 4.74 Å². The zero-order valence-electron chi connectivity index (χ0n) is 19.1. The fraction of sp³-hybridized carbons (Fsp3) is 0.148. The number of H-pyrrole nitrogens is 1. The van der Waals surface area contributed by atoms with Crippen molar-refractivity contribution in [2.24, 2.45) is 5.92 Å². The van der Waals surface area contributed by atoms with E-state index in [-0.39, 0.29) is 11.9 Å². The van der Waals surface area contributed by atoms with Gasteiger partial charge in [0.25, 0.3) is 0 Å². The van der Waals surface area contributed by atoms with Gasteiger partial charge < -0.3 is 4.74 Å². The molecule has 2 aromatic heterocycles. The standard InChI is InChI=1S/C27H27N3O4/c1-21(2)19-27(31)33-24-13-9-12-23-20-22-11-6-7-16-26(22)29-25(23)15-5-3-4-8-17-28-30-34-32-18-10-14-24/h3-18,20-21,30H,19H2,1-2H3. The van der Waals surface area contributed by atoms with Crippen LogP contribution in [0.5, 0.6) is 5.75 Å². The largest absolute Gasteiger partial charge is 0.427 e. The fourth-order valence-electron chi connectivity index (χ4n) is 2.93. The van der Waals surface area contributed by atoms with Crippen molar-refractivity contribution < 1.29 is 18.8 Å². The smallest absolute Gasteiger partial charge is 0.311 e. The lowest BCUT2D eigenvalue weighted by atomic mass is 10.1. The Morgan fingerprint density at radius 3 is 2.35 bits per heavy atom. The number of hydrogen-bond acceptors (Lipinski definition) is 6. The van der Waals surface area contributed by atoms with Gasteiger partial charge in [-0.15, -0.1) is 5.10 Å². The van der Waals surface area contributed by atoms with Crippen molar-refractivity contribution in [2.75, 3.05) is 0 Å². The zero-order valence-corrected chi connectivity index (χ0v) is 19.1. The third kappa shape index (κ3) is 8.27. The quantitative estimate of drug-likeness (QED) is 0.345. The minimum Gasteiger partial charge on any atom is -0.427 e. The first-order valence-corrected chi connectivity index (χ1v) is 10.9. The van der Waals surface area contributed by atoms with Crippen LogP contribution in [0.3, 0.4) is 0 Å². The second kappa shape index (κ2) is 13.2. The Morgan fingerprint density at radius 2 is 1.56 bits per heavy atom. The van der Waals surface area contributed by atoms with E-state index in [1.807, 2.05) is 74.5 Å². The summed E-state index contributed by atoms with van der Waals surface area (Å²) in [7, 11) is 0. The molecule has 0 aliphatic rings. The first-order valence-electron chi connectivity index (χ1n) is 10.9. The summed E-state index contributed by atoms with van der Waals surface area (Å²) in [4.78, 5) is 17.0. The van der Waals surface area contributed by atoms with Gasteiger partial charge in [0.2, 0.25) is 0 Å². The fourth-order valence-corrected chi connectivity index (χ4v) is 2.93. The molecule has 0 amide bonds. The van der Waals surface area contributed by atoms with Crippen molar-refractivity contribution in [3.8, 4) is 5.75 Å². The number of fused-ring (bicyclic) bond motifs is 2. The first kappa shape index (κ1) is 24.3. The van der Waals surface area contributed by atoms with Crippen LogP contribution in [0.1, 0.15) is 20.3 Å². The van der Waals surface area contributed by atoms with Crippen LogP contribution in [0.25, 0.3) is 21.8 Å². The van der Waals surface area contributed by atoms with E-state index in [0.717, 1.165) is 21.8 Å². The van der Waals surface area contributed by atoms with Crippen molar-refractivity contribution in [3.05, 3.63) is 103 Å². The van der Waals surface area contributed by atoms with Gasteiger partial charge in [0.15, 0.2) is 0 Å². The minimum absolute atomic E-state index is 0.190. The van der Waals surface area contributed by atoms with Crippen LogP contribution in [0, 0.1) is 5.92 Å². The van der Waals surface area contributed by atoms with Gasteiger partial charge in [0, 0.05) is 17.2 Å². The van der Waals surface area contributed by atoms with Gasteiger partial charge in [-0.25, -0.2) is 4.98 Å². The molecule has 0 aliphatic carbocycles. The molecule has 0 radical (unpaired) electrons. The average Bonchev–Trinajstić information content (AvgIpc) is 2.80. The molecule has 3 rings (SSSR count). The molecule has 0 saturated heterocycles. The highest BCUT2D eigenvalue weighted by atomic mass is 17.0. The van der Waals surface area contributed by atoms with Crippen LogP contribution in [0.2, 0.25) is 0 Å². The van der Waals surface area contributed by atoms with E-state index in [2.05, 4.69) is 21.1 Å². The highest BCUT2D eigenvalue weighted by Crippen LogP contribution is 2.18. The summed E-state index contributed by atoms with van der Waals surface area (Å²) in [5.74, 6) is 0.231. The number of carbonyl (C=O) groups is 1. The zero-order chi connectivity index (χ0) is 24.0. The van der Waals surface area contributed by atoms with E-state index in [9.17, 15) is 4.79 Å². The maximum absolute atomic E-state index is 12.2. The lowest BCUT2D eigenvalue weighted by molar-refractivity contribution is -0.135. The molecule has 7 nitrogen and oxygen atoms in total. The van der Waals surface area contributed by atoms with Crippen LogP contribution in [0.4, 0.5) is 0 Å². The number of aromatic nitrogens is 3. The number of esters is 1. The van der Waals surface area contributed by atoms with Gasteiger partial charge in [0.05, 0.1) is 17.2 Å². The highest BCUT2D eigenvalue weighted by Gasteiger charge is 2.06. The Kier molecular flexibility index (Phi) is 9.43. The minimum atomic E-state index is -0.315. The van der Waals surface area contributed by atoms with Gasteiger partial charge >= 0.3 is 5.97 Å². The summed E-state index contributed by atoms with van der Waals surface area (Å²) >= 11 is 0. The number of aromatic amines is 1. The maximum Gasteiger partial charge on any atom is 0.311 e. The van der Waals surface area contributed by atoms with Crippen molar-refractivity contribution in [1.82, 2.24) is 15.4 Å². The third-order valence-corrected chi connectivity index (χ3v) is 4.41. The summed E-state index contributed by atoms with van der Waals surface area (Å²) in [6, 6.07) is 27.8. The molecule has 0 atom stereocenters. The van der Waals surface area contributed by atoms with Crippen LogP contribution in [0.15, 0.2) is 113 Å². The van der Waals surface area contributed by atoms with Crippen molar-refractivity contribution in [1.29, 1.82) is 0 Å². The monoisotopic (exact) mass is 457 g/mol. The molecule has 1 N–H and O–H groups in total. The predicted octanol–water partition coefficient (Wildman–Crippen LogP) is 6.75. The summed E-state index contributed by atoms with van der Waals surface area (Å²) in [6.07, 6.45) is 3.10. The number of nitrogens with one attached hydrogen (secondary N) is 1. The van der Waals surface area contributed by atoms with Crippen molar-refractivity contribution >= 4 is 27.8 Å². The number of benzene rings is 1. The molecule has 3 aromatic rings. The summed E-state index contributed by atoms with van der Waals surface area (Å²) in [5, 5.41) is 8.03. The molecule has 0 spiro atoms. The second-order valence-corrected chi connectivity index (χ2v) is 7.64. The van der Waals surface area contributed by atoms with E-state index in [1.54, 1.807) is 24.3 Å². The molecule has 0 aliphatic heterocycles. The Balaban J connectivity index is 2.18. The Labute approximate surface area is 197 Å². The van der Waals surface area contributed by atoms with E-state index in [4.69, 9.17) is 14.3 Å². The molecule has 34 heavy (non-hydrogen) atoms. The van der Waals surface area contributed by atoms with Crippen LogP contribution in [-0.4, -0.2) is 21.3 Å². The molecule has 7 heteroatoms. The third-order valence-electron chi connectivity index (χ3n) is 4.41. The van der Waals surface area contributed by atoms with Crippen LogP contribution in [-0.2, 0) is 4.79 Å². The van der Waals surface area contributed by atoms with Gasteiger partial charge in [0.1, 0.15) is 12.0 Å². The van der Waals surface area contributed by atoms with Gasteiger partial charge in [-0.1, -0.05) is 67.6 Å². The molecule has 0 unspecified atom stereocenters. The molecule has 0 saturated carbocycles. The lowest BCUT2D eigenvalue weighted by Crippen LogP contribution is -2.10. The first-order chi connectivity index (χ1) is 16.6. The topological polar surface area (TPSA) is 94.2 Å². The number of para-hydroxylation sites is 1. The predicted molar refractivity (Wildman–Crippen MR) is 132 cm³/mol. The summed E-state index contributed by atoms with van der Waals surface area (Å²) < 4.78 is 15.0. The van der Waals surface area contributed by atoms with E-state index in [1.165, 1.54) is 12.5 Å². The molecular weight excluding hydrogens is 430 g/mol. The highest BCUT2D eigenvalue weighted by molar-refractivity contribution is 5.92.